The summed E-state index contributed by atoms with van der Waals surface area (Å²) in [5, 5.41) is 8.75. The molecule has 0 radical (unpaired) electrons. The van der Waals surface area contributed by atoms with Crippen molar-refractivity contribution in [3.8, 4) is 0 Å². The first-order chi connectivity index (χ1) is 8.11. The summed E-state index contributed by atoms with van der Waals surface area (Å²) in [7, 11) is 1.76. The maximum absolute atomic E-state index is 12.4. The molecular weight excluding hydrogens is 232 g/mol. The molecular formula is C13H26N2O3. The van der Waals surface area contributed by atoms with Crippen LogP contribution in [0.4, 0.5) is 4.79 Å². The molecule has 1 atom stereocenters. The van der Waals surface area contributed by atoms with Gasteiger partial charge in [0, 0.05) is 25.2 Å². The van der Waals surface area contributed by atoms with E-state index >= 15 is 0 Å². The fraction of sp³-hybridized carbons (Fsp3) is 0.846. The second-order valence-electron chi connectivity index (χ2n) is 5.62. The number of amides is 2. The number of aliphatic carboxylic acids is 1. The van der Waals surface area contributed by atoms with Crippen LogP contribution in [0, 0.1) is 0 Å². The Morgan fingerprint density at radius 1 is 1.28 bits per heavy atom. The van der Waals surface area contributed by atoms with Gasteiger partial charge in [0.05, 0.1) is 6.42 Å². The Hall–Kier alpha value is -1.26. The third kappa shape index (κ3) is 4.94. The molecule has 1 N–H and O–H groups in total. The predicted octanol–water partition coefficient (Wildman–Crippen LogP) is 2.41. The third-order valence-electron chi connectivity index (χ3n) is 3.14. The zero-order chi connectivity index (χ0) is 14.5. The fourth-order valence-electron chi connectivity index (χ4n) is 1.58. The van der Waals surface area contributed by atoms with E-state index in [9.17, 15) is 9.59 Å². The van der Waals surface area contributed by atoms with Gasteiger partial charge in [0.1, 0.15) is 0 Å². The minimum absolute atomic E-state index is 0.0304. The van der Waals surface area contributed by atoms with Gasteiger partial charge in [-0.2, -0.15) is 0 Å². The summed E-state index contributed by atoms with van der Waals surface area (Å²) in [6, 6.07) is 0.0327. The van der Waals surface area contributed by atoms with Crippen molar-refractivity contribution in [2.45, 2.75) is 59.0 Å². The highest BCUT2D eigenvalue weighted by atomic mass is 16.4. The van der Waals surface area contributed by atoms with Gasteiger partial charge in [-0.3, -0.25) is 4.79 Å². The molecule has 0 rings (SSSR count). The van der Waals surface area contributed by atoms with Crippen LogP contribution in [0.25, 0.3) is 0 Å². The Morgan fingerprint density at radius 2 is 1.78 bits per heavy atom. The van der Waals surface area contributed by atoms with Crippen LogP contribution < -0.4 is 0 Å². The number of nitrogens with zero attached hydrogens (tertiary/aromatic N) is 2. The molecule has 5 nitrogen and oxygen atoms in total. The van der Waals surface area contributed by atoms with Crippen LogP contribution in [0.3, 0.4) is 0 Å². The zero-order valence-corrected chi connectivity index (χ0v) is 12.4. The average Bonchev–Trinajstić information content (AvgIpc) is 2.24. The molecule has 5 heteroatoms. The molecule has 0 heterocycles. The number of carboxylic acid groups (broad SMARTS) is 1. The van der Waals surface area contributed by atoms with Crippen molar-refractivity contribution >= 4 is 12.0 Å². The van der Waals surface area contributed by atoms with Crippen LogP contribution in [0.5, 0.6) is 0 Å². The summed E-state index contributed by atoms with van der Waals surface area (Å²) in [6.45, 7) is 9.98. The number of hydrogen-bond donors (Lipinski definition) is 1. The van der Waals surface area contributed by atoms with Crippen molar-refractivity contribution < 1.29 is 14.7 Å². The third-order valence-corrected chi connectivity index (χ3v) is 3.14. The molecule has 0 aromatic rings. The van der Waals surface area contributed by atoms with E-state index in [0.29, 0.717) is 0 Å². The molecule has 18 heavy (non-hydrogen) atoms. The van der Waals surface area contributed by atoms with E-state index in [2.05, 4.69) is 0 Å². The summed E-state index contributed by atoms with van der Waals surface area (Å²) in [5.74, 6) is -0.886. The van der Waals surface area contributed by atoms with Crippen LogP contribution in [0.1, 0.15) is 47.5 Å². The SMILES string of the molecule is CCC(C)N(C)C(=O)N(CCC(=O)O)C(C)(C)C. The predicted molar refractivity (Wildman–Crippen MR) is 71.6 cm³/mol. The highest BCUT2D eigenvalue weighted by Crippen LogP contribution is 2.17. The lowest BCUT2D eigenvalue weighted by atomic mass is 10.1. The van der Waals surface area contributed by atoms with E-state index in [0.717, 1.165) is 6.42 Å². The molecule has 0 spiro atoms. The number of hydrogen-bond acceptors (Lipinski definition) is 2. The summed E-state index contributed by atoms with van der Waals surface area (Å²) in [5.41, 5.74) is -0.381. The molecule has 0 bridgehead atoms. The van der Waals surface area contributed by atoms with Gasteiger partial charge in [-0.25, -0.2) is 4.79 Å². The van der Waals surface area contributed by atoms with E-state index in [4.69, 9.17) is 5.11 Å². The summed E-state index contributed by atoms with van der Waals surface area (Å²) < 4.78 is 0. The van der Waals surface area contributed by atoms with Gasteiger partial charge in [-0.15, -0.1) is 0 Å². The summed E-state index contributed by atoms with van der Waals surface area (Å²) in [6.07, 6.45) is 0.844. The van der Waals surface area contributed by atoms with Crippen molar-refractivity contribution in [3.05, 3.63) is 0 Å². The summed E-state index contributed by atoms with van der Waals surface area (Å²) in [4.78, 5) is 26.3. The number of rotatable bonds is 5. The molecule has 0 aromatic heterocycles. The molecule has 0 saturated heterocycles. The minimum Gasteiger partial charge on any atom is -0.481 e. The number of carbonyl (C=O) groups is 2. The Morgan fingerprint density at radius 3 is 2.11 bits per heavy atom. The van der Waals surface area contributed by atoms with Gasteiger partial charge in [0.15, 0.2) is 0 Å². The highest BCUT2D eigenvalue weighted by molar-refractivity contribution is 5.76. The second-order valence-corrected chi connectivity index (χ2v) is 5.62. The van der Waals surface area contributed by atoms with Crippen LogP contribution in [-0.4, -0.2) is 52.1 Å². The van der Waals surface area contributed by atoms with Gasteiger partial charge in [0.2, 0.25) is 0 Å². The van der Waals surface area contributed by atoms with Crippen molar-refractivity contribution in [1.29, 1.82) is 0 Å². The lowest BCUT2D eigenvalue weighted by Gasteiger charge is -2.39. The smallest absolute Gasteiger partial charge is 0.320 e. The maximum atomic E-state index is 12.4. The number of urea groups is 1. The Labute approximate surface area is 110 Å². The quantitative estimate of drug-likeness (QED) is 0.823. The zero-order valence-electron chi connectivity index (χ0n) is 12.4. The fourth-order valence-corrected chi connectivity index (χ4v) is 1.58. The van der Waals surface area contributed by atoms with Crippen LogP contribution in [0.15, 0.2) is 0 Å². The van der Waals surface area contributed by atoms with E-state index in [1.807, 2.05) is 34.6 Å². The number of carbonyl (C=O) groups excluding carboxylic acids is 1. The van der Waals surface area contributed by atoms with E-state index in [-0.39, 0.29) is 30.6 Å². The highest BCUT2D eigenvalue weighted by Gasteiger charge is 2.30. The lowest BCUT2D eigenvalue weighted by molar-refractivity contribution is -0.137. The molecule has 0 aromatic carbocycles. The molecule has 0 aliphatic carbocycles. The average molecular weight is 258 g/mol. The largest absolute Gasteiger partial charge is 0.481 e. The van der Waals surface area contributed by atoms with Crippen molar-refractivity contribution in [3.63, 3.8) is 0 Å². The lowest BCUT2D eigenvalue weighted by Crippen LogP contribution is -2.53. The minimum atomic E-state index is -0.886. The maximum Gasteiger partial charge on any atom is 0.320 e. The molecule has 0 aliphatic rings. The van der Waals surface area contributed by atoms with Crippen LogP contribution in [0.2, 0.25) is 0 Å². The van der Waals surface area contributed by atoms with E-state index < -0.39 is 5.97 Å². The Kier molecular flexibility index (Phi) is 6.15. The monoisotopic (exact) mass is 258 g/mol. The number of carboxylic acids is 1. The standard InChI is InChI=1S/C13H26N2O3/c1-7-10(2)14(6)12(18)15(13(3,4)5)9-8-11(16)17/h10H,7-9H2,1-6H3,(H,16,17). The van der Waals surface area contributed by atoms with Crippen molar-refractivity contribution in [2.75, 3.05) is 13.6 Å². The van der Waals surface area contributed by atoms with Gasteiger partial charge < -0.3 is 14.9 Å². The normalized spacial score (nSPS) is 13.0. The molecule has 1 unspecified atom stereocenters. The first kappa shape index (κ1) is 16.7. The van der Waals surface area contributed by atoms with Crippen molar-refractivity contribution in [2.24, 2.45) is 0 Å². The molecule has 106 valence electrons. The van der Waals surface area contributed by atoms with Crippen LogP contribution >= 0.6 is 0 Å². The summed E-state index contributed by atoms with van der Waals surface area (Å²) >= 11 is 0. The van der Waals surface area contributed by atoms with Gasteiger partial charge in [-0.1, -0.05) is 6.92 Å². The molecule has 0 saturated carbocycles. The Bertz CT molecular complexity index is 297. The first-order valence-corrected chi connectivity index (χ1v) is 6.37. The topological polar surface area (TPSA) is 60.9 Å². The van der Waals surface area contributed by atoms with Crippen LogP contribution in [-0.2, 0) is 4.79 Å². The van der Waals surface area contributed by atoms with E-state index in [1.165, 1.54) is 0 Å². The van der Waals surface area contributed by atoms with Gasteiger partial charge in [0.25, 0.3) is 0 Å². The van der Waals surface area contributed by atoms with Gasteiger partial charge >= 0.3 is 12.0 Å². The van der Waals surface area contributed by atoms with E-state index in [1.54, 1.807) is 16.8 Å². The molecule has 0 fully saturated rings. The second kappa shape index (κ2) is 6.61. The molecule has 2 amide bonds. The first-order valence-electron chi connectivity index (χ1n) is 6.37. The van der Waals surface area contributed by atoms with Crippen molar-refractivity contribution in [1.82, 2.24) is 9.80 Å². The molecule has 0 aliphatic heterocycles. The van der Waals surface area contributed by atoms with Gasteiger partial charge in [-0.05, 0) is 34.1 Å². The Balaban J connectivity index is 4.86.